The van der Waals surface area contributed by atoms with Gasteiger partial charge in [-0.25, -0.2) is 9.59 Å². The largest absolute Gasteiger partial charge is 0.478 e. The van der Waals surface area contributed by atoms with Gasteiger partial charge in [0.05, 0.1) is 6.61 Å². The Morgan fingerprint density at radius 3 is 2.22 bits per heavy atom. The van der Waals surface area contributed by atoms with Crippen LogP contribution in [0.1, 0.15) is 71.1 Å². The second-order valence-electron chi connectivity index (χ2n) is 7.20. The summed E-state index contributed by atoms with van der Waals surface area (Å²) in [6, 6.07) is 0.571. The summed E-state index contributed by atoms with van der Waals surface area (Å²) in [7, 11) is 0. The standard InChI is InChI=1S/C16H29NO2.C4H4O4/c1-2-3-4-5-6-7-11-19-16(18)15-12-13-9-8-10-14(13)17-15;5-3(6)1-2-4(7)8/h13-15,17H,2-12H2,1H3;1-2H,(H,5,6)(H,7,8)/b;2-1-/t13-,14-,15-;/m0./s1. The third-order valence-electron chi connectivity index (χ3n) is 5.01. The number of esters is 1. The van der Waals surface area contributed by atoms with Crippen LogP contribution in [0.2, 0.25) is 0 Å². The van der Waals surface area contributed by atoms with Crippen LogP contribution in [-0.4, -0.2) is 46.8 Å². The van der Waals surface area contributed by atoms with Gasteiger partial charge in [-0.3, -0.25) is 4.79 Å². The number of aliphatic carboxylic acids is 2. The van der Waals surface area contributed by atoms with E-state index < -0.39 is 11.9 Å². The smallest absolute Gasteiger partial charge is 0.328 e. The first-order valence-corrected chi connectivity index (χ1v) is 10.0. The molecule has 27 heavy (non-hydrogen) atoms. The first-order chi connectivity index (χ1) is 12.9. The Hall–Kier alpha value is -1.89. The number of hydrogen-bond donors (Lipinski definition) is 3. The summed E-state index contributed by atoms with van der Waals surface area (Å²) in [5.74, 6) is -1.80. The van der Waals surface area contributed by atoms with Crippen LogP contribution in [-0.2, 0) is 19.1 Å². The minimum absolute atomic E-state index is 0.0111. The SMILES string of the molecule is CCCCCCCCOC(=O)[C@@H]1C[C@@H]2CCC[C@@H]2N1.O=C(O)/C=C\C(=O)O. The second kappa shape index (κ2) is 13.3. The molecule has 0 unspecified atom stereocenters. The van der Waals surface area contributed by atoms with Gasteiger partial charge in [-0.1, -0.05) is 45.4 Å². The molecular formula is C20H33NO6. The molecule has 2 rings (SSSR count). The molecule has 1 saturated heterocycles. The lowest BCUT2D eigenvalue weighted by Gasteiger charge is -2.12. The maximum atomic E-state index is 11.9. The highest BCUT2D eigenvalue weighted by Crippen LogP contribution is 2.34. The molecule has 7 nitrogen and oxygen atoms in total. The van der Waals surface area contributed by atoms with Crippen molar-refractivity contribution in [2.24, 2.45) is 5.92 Å². The van der Waals surface area contributed by atoms with Crippen LogP contribution in [0.25, 0.3) is 0 Å². The summed E-state index contributed by atoms with van der Waals surface area (Å²) < 4.78 is 5.40. The van der Waals surface area contributed by atoms with Crippen molar-refractivity contribution in [3.05, 3.63) is 12.2 Å². The molecule has 0 bridgehead atoms. The zero-order valence-corrected chi connectivity index (χ0v) is 16.2. The predicted molar refractivity (Wildman–Crippen MR) is 101 cm³/mol. The first kappa shape index (κ1) is 23.1. The zero-order chi connectivity index (χ0) is 20.1. The van der Waals surface area contributed by atoms with Crippen LogP contribution in [0.15, 0.2) is 12.2 Å². The van der Waals surface area contributed by atoms with Crippen molar-refractivity contribution in [1.82, 2.24) is 5.32 Å². The molecule has 0 aromatic heterocycles. The van der Waals surface area contributed by atoms with Gasteiger partial charge in [-0.05, 0) is 31.6 Å². The number of carbonyl (C=O) groups is 3. The molecule has 1 aliphatic carbocycles. The highest BCUT2D eigenvalue weighted by atomic mass is 16.5. The predicted octanol–water partition coefficient (Wildman–Crippen LogP) is 3.13. The highest BCUT2D eigenvalue weighted by molar-refractivity contribution is 5.89. The molecule has 1 aliphatic heterocycles. The van der Waals surface area contributed by atoms with Gasteiger partial charge in [0.25, 0.3) is 0 Å². The molecule has 7 heteroatoms. The Labute approximate surface area is 161 Å². The normalized spacial score (nSPS) is 23.5. The quantitative estimate of drug-likeness (QED) is 0.302. The zero-order valence-electron chi connectivity index (χ0n) is 16.2. The number of hydrogen-bond acceptors (Lipinski definition) is 5. The first-order valence-electron chi connectivity index (χ1n) is 10.0. The lowest BCUT2D eigenvalue weighted by molar-refractivity contribution is -0.146. The summed E-state index contributed by atoms with van der Waals surface area (Å²) in [5, 5.41) is 19.1. The minimum atomic E-state index is -1.26. The number of nitrogens with one attached hydrogen (secondary N) is 1. The van der Waals surface area contributed by atoms with Crippen LogP contribution in [0, 0.1) is 5.92 Å². The molecule has 0 aromatic rings. The van der Waals surface area contributed by atoms with Crippen molar-refractivity contribution in [3.63, 3.8) is 0 Å². The second-order valence-corrected chi connectivity index (χ2v) is 7.20. The molecule has 3 N–H and O–H groups in total. The average molecular weight is 383 g/mol. The van der Waals surface area contributed by atoms with E-state index in [1.54, 1.807) is 0 Å². The molecule has 0 aromatic carbocycles. The fraction of sp³-hybridized carbons (Fsp3) is 0.750. The molecule has 1 heterocycles. The fourth-order valence-corrected chi connectivity index (χ4v) is 3.63. The van der Waals surface area contributed by atoms with Gasteiger partial charge in [0, 0.05) is 18.2 Å². The number of carboxylic acid groups (broad SMARTS) is 2. The molecule has 3 atom stereocenters. The molecule has 2 aliphatic rings. The Morgan fingerprint density at radius 2 is 1.63 bits per heavy atom. The summed E-state index contributed by atoms with van der Waals surface area (Å²) >= 11 is 0. The number of carbonyl (C=O) groups excluding carboxylic acids is 1. The van der Waals surface area contributed by atoms with E-state index in [1.807, 2.05) is 0 Å². The maximum absolute atomic E-state index is 11.9. The van der Waals surface area contributed by atoms with Gasteiger partial charge in [0.2, 0.25) is 0 Å². The highest BCUT2D eigenvalue weighted by Gasteiger charge is 2.40. The van der Waals surface area contributed by atoms with Crippen molar-refractivity contribution in [3.8, 4) is 0 Å². The van der Waals surface area contributed by atoms with E-state index in [0.29, 0.717) is 24.8 Å². The van der Waals surface area contributed by atoms with Crippen molar-refractivity contribution >= 4 is 17.9 Å². The van der Waals surface area contributed by atoms with Crippen LogP contribution >= 0.6 is 0 Å². The summed E-state index contributed by atoms with van der Waals surface area (Å²) in [6.45, 7) is 2.84. The van der Waals surface area contributed by atoms with E-state index in [9.17, 15) is 14.4 Å². The van der Waals surface area contributed by atoms with Crippen LogP contribution in [0.5, 0.6) is 0 Å². The third kappa shape index (κ3) is 10.1. The van der Waals surface area contributed by atoms with Crippen LogP contribution in [0.3, 0.4) is 0 Å². The monoisotopic (exact) mass is 383 g/mol. The van der Waals surface area contributed by atoms with Gasteiger partial charge in [0.15, 0.2) is 0 Å². The Balaban J connectivity index is 0.000000387. The van der Waals surface area contributed by atoms with E-state index in [4.69, 9.17) is 14.9 Å². The fourth-order valence-electron chi connectivity index (χ4n) is 3.63. The maximum Gasteiger partial charge on any atom is 0.328 e. The number of fused-ring (bicyclic) bond motifs is 1. The van der Waals surface area contributed by atoms with Gasteiger partial charge < -0.3 is 20.3 Å². The Kier molecular flexibility index (Phi) is 11.4. The Morgan fingerprint density at radius 1 is 1.00 bits per heavy atom. The summed E-state index contributed by atoms with van der Waals surface area (Å²) in [4.78, 5) is 31.0. The molecule has 154 valence electrons. The Bertz CT molecular complexity index is 477. The topological polar surface area (TPSA) is 113 Å². The molecule has 0 amide bonds. The van der Waals surface area contributed by atoms with E-state index in [2.05, 4.69) is 12.2 Å². The molecular weight excluding hydrogens is 350 g/mol. The number of unbranched alkanes of at least 4 members (excludes halogenated alkanes) is 5. The van der Waals surface area contributed by atoms with E-state index in [1.165, 1.54) is 51.4 Å². The van der Waals surface area contributed by atoms with E-state index in [0.717, 1.165) is 18.8 Å². The van der Waals surface area contributed by atoms with E-state index in [-0.39, 0.29) is 12.0 Å². The lowest BCUT2D eigenvalue weighted by atomic mass is 10.0. The van der Waals surface area contributed by atoms with Crippen molar-refractivity contribution in [2.45, 2.75) is 83.2 Å². The van der Waals surface area contributed by atoms with Gasteiger partial charge in [-0.2, -0.15) is 0 Å². The number of ether oxygens (including phenoxy) is 1. The van der Waals surface area contributed by atoms with Gasteiger partial charge >= 0.3 is 17.9 Å². The molecule has 1 saturated carbocycles. The third-order valence-corrected chi connectivity index (χ3v) is 5.01. The summed E-state index contributed by atoms with van der Waals surface area (Å²) in [6.07, 6.45) is 13.4. The molecule has 0 spiro atoms. The van der Waals surface area contributed by atoms with E-state index >= 15 is 0 Å². The molecule has 0 radical (unpaired) electrons. The van der Waals surface area contributed by atoms with Crippen LogP contribution < -0.4 is 5.32 Å². The van der Waals surface area contributed by atoms with Crippen molar-refractivity contribution < 1.29 is 29.3 Å². The lowest BCUT2D eigenvalue weighted by Crippen LogP contribution is -2.36. The van der Waals surface area contributed by atoms with Crippen molar-refractivity contribution in [2.75, 3.05) is 6.61 Å². The minimum Gasteiger partial charge on any atom is -0.478 e. The van der Waals surface area contributed by atoms with Gasteiger partial charge in [0.1, 0.15) is 6.04 Å². The number of rotatable bonds is 10. The summed E-state index contributed by atoms with van der Waals surface area (Å²) in [5.41, 5.74) is 0. The van der Waals surface area contributed by atoms with Crippen molar-refractivity contribution in [1.29, 1.82) is 0 Å². The van der Waals surface area contributed by atoms with Gasteiger partial charge in [-0.15, -0.1) is 0 Å². The molecule has 2 fully saturated rings. The number of carboxylic acids is 2. The van der Waals surface area contributed by atoms with Crippen LogP contribution in [0.4, 0.5) is 0 Å². The average Bonchev–Trinajstić information content (AvgIpc) is 3.21.